The fraction of sp³-hybridized carbons (Fsp3) is 0.588. The van der Waals surface area contributed by atoms with E-state index in [1.165, 1.54) is 12.0 Å². The van der Waals surface area contributed by atoms with Gasteiger partial charge in [0.1, 0.15) is 5.75 Å². The molecule has 0 bridgehead atoms. The second-order valence-electron chi connectivity index (χ2n) is 6.40. The van der Waals surface area contributed by atoms with Crippen molar-refractivity contribution in [2.45, 2.75) is 39.2 Å². The number of ether oxygens (including phenoxy) is 1. The molecule has 0 aliphatic heterocycles. The highest BCUT2D eigenvalue weighted by molar-refractivity contribution is 5.79. The van der Waals surface area contributed by atoms with E-state index in [2.05, 4.69) is 18.3 Å². The van der Waals surface area contributed by atoms with Gasteiger partial charge in [-0.15, -0.1) is 0 Å². The Kier molecular flexibility index (Phi) is 3.45. The zero-order chi connectivity index (χ0) is 14.3. The van der Waals surface area contributed by atoms with Crippen LogP contribution in [0, 0.1) is 24.7 Å². The normalized spacial score (nSPS) is 28.6. The molecule has 0 heterocycles. The van der Waals surface area contributed by atoms with Gasteiger partial charge in [-0.05, 0) is 51.0 Å². The Morgan fingerprint density at radius 3 is 2.65 bits per heavy atom. The summed E-state index contributed by atoms with van der Waals surface area (Å²) in [5.74, 6) is 2.98. The first kappa shape index (κ1) is 13.5. The van der Waals surface area contributed by atoms with Crippen LogP contribution < -0.4 is 10.1 Å². The quantitative estimate of drug-likeness (QED) is 0.914. The molecule has 3 heteroatoms. The zero-order valence-electron chi connectivity index (χ0n) is 12.5. The Labute approximate surface area is 120 Å². The molecule has 2 fully saturated rings. The van der Waals surface area contributed by atoms with Crippen molar-refractivity contribution in [2.24, 2.45) is 17.8 Å². The molecule has 1 amide bonds. The fourth-order valence-electron chi connectivity index (χ4n) is 3.53. The summed E-state index contributed by atoms with van der Waals surface area (Å²) in [5.41, 5.74) is 2.24. The Morgan fingerprint density at radius 1 is 1.30 bits per heavy atom. The van der Waals surface area contributed by atoms with E-state index in [1.54, 1.807) is 7.11 Å². The smallest absolute Gasteiger partial charge is 0.223 e. The van der Waals surface area contributed by atoms with Gasteiger partial charge in [-0.25, -0.2) is 0 Å². The van der Waals surface area contributed by atoms with Crippen molar-refractivity contribution in [3.05, 3.63) is 29.3 Å². The van der Waals surface area contributed by atoms with Crippen LogP contribution >= 0.6 is 0 Å². The lowest BCUT2D eigenvalue weighted by molar-refractivity contribution is -0.125. The number of carbonyl (C=O) groups excluding carboxylic acids is 1. The number of carbonyl (C=O) groups is 1. The van der Waals surface area contributed by atoms with E-state index in [-0.39, 0.29) is 17.9 Å². The fourth-order valence-corrected chi connectivity index (χ4v) is 3.53. The van der Waals surface area contributed by atoms with Gasteiger partial charge < -0.3 is 10.1 Å². The molecule has 3 atom stereocenters. The van der Waals surface area contributed by atoms with E-state index in [9.17, 15) is 4.79 Å². The van der Waals surface area contributed by atoms with Gasteiger partial charge in [0.15, 0.2) is 0 Å². The van der Waals surface area contributed by atoms with E-state index in [0.717, 1.165) is 36.0 Å². The topological polar surface area (TPSA) is 38.3 Å². The number of nitrogens with one attached hydrogen (secondary N) is 1. The molecule has 0 saturated heterocycles. The summed E-state index contributed by atoms with van der Waals surface area (Å²) in [6, 6.07) is 6.09. The van der Waals surface area contributed by atoms with Crippen molar-refractivity contribution in [1.82, 2.24) is 5.32 Å². The van der Waals surface area contributed by atoms with Crippen molar-refractivity contribution < 1.29 is 9.53 Å². The predicted molar refractivity (Wildman–Crippen MR) is 78.6 cm³/mol. The third-order valence-corrected chi connectivity index (χ3v) is 4.82. The molecule has 0 radical (unpaired) electrons. The predicted octanol–water partition coefficient (Wildman–Crippen LogP) is 3.23. The number of rotatable bonds is 4. The number of fused-ring (bicyclic) bond motifs is 1. The molecule has 3 unspecified atom stereocenters. The summed E-state index contributed by atoms with van der Waals surface area (Å²) < 4.78 is 5.40. The summed E-state index contributed by atoms with van der Waals surface area (Å²) in [4.78, 5) is 12.3. The second kappa shape index (κ2) is 5.12. The largest absolute Gasteiger partial charge is 0.496 e. The van der Waals surface area contributed by atoms with Crippen LogP contribution in [0.3, 0.4) is 0 Å². The molecule has 1 aromatic rings. The van der Waals surface area contributed by atoms with Crippen LogP contribution in [0.15, 0.2) is 18.2 Å². The second-order valence-corrected chi connectivity index (χ2v) is 6.40. The minimum atomic E-state index is -0.00530. The average molecular weight is 273 g/mol. The van der Waals surface area contributed by atoms with Crippen molar-refractivity contribution in [1.29, 1.82) is 0 Å². The molecular weight excluding hydrogens is 250 g/mol. The Hall–Kier alpha value is -1.51. The molecule has 3 rings (SSSR count). The highest BCUT2D eigenvalue weighted by Crippen LogP contribution is 2.54. The third kappa shape index (κ3) is 2.54. The van der Waals surface area contributed by atoms with Crippen LogP contribution in [0.5, 0.6) is 5.75 Å². The number of hydrogen-bond acceptors (Lipinski definition) is 2. The number of amides is 1. The van der Waals surface area contributed by atoms with E-state index < -0.39 is 0 Å². The van der Waals surface area contributed by atoms with E-state index in [4.69, 9.17) is 4.74 Å². The average Bonchev–Trinajstić information content (AvgIpc) is 3.05. The molecule has 0 spiro atoms. The summed E-state index contributed by atoms with van der Waals surface area (Å²) in [5, 5.41) is 3.16. The van der Waals surface area contributed by atoms with Crippen molar-refractivity contribution >= 4 is 5.91 Å². The Morgan fingerprint density at radius 2 is 2.00 bits per heavy atom. The van der Waals surface area contributed by atoms with Crippen LogP contribution in [-0.4, -0.2) is 13.0 Å². The summed E-state index contributed by atoms with van der Waals surface area (Å²) in [7, 11) is 1.67. The Bertz CT molecular complexity index is 516. The maximum Gasteiger partial charge on any atom is 0.223 e. The van der Waals surface area contributed by atoms with Crippen LogP contribution in [0.4, 0.5) is 0 Å². The highest BCUT2D eigenvalue weighted by atomic mass is 16.5. The Balaban J connectivity index is 1.67. The standard InChI is InChI=1S/C17H23NO2/c1-10-4-5-16(20-3)15(6-10)11(2)18-17(19)14-8-12-7-13(12)9-14/h4-6,11-14H,7-9H2,1-3H3,(H,18,19). The van der Waals surface area contributed by atoms with Crippen LogP contribution in [0.1, 0.15) is 43.4 Å². The molecular formula is C17H23NO2. The van der Waals surface area contributed by atoms with Crippen LogP contribution in [-0.2, 0) is 4.79 Å². The lowest BCUT2D eigenvalue weighted by Crippen LogP contribution is -2.32. The van der Waals surface area contributed by atoms with Gasteiger partial charge >= 0.3 is 0 Å². The first-order valence-electron chi connectivity index (χ1n) is 7.53. The van der Waals surface area contributed by atoms with Gasteiger partial charge in [-0.3, -0.25) is 4.79 Å². The van der Waals surface area contributed by atoms with Crippen molar-refractivity contribution in [3.63, 3.8) is 0 Å². The SMILES string of the molecule is COc1ccc(C)cc1C(C)NC(=O)C1CC2CC2C1. The van der Waals surface area contributed by atoms with Crippen molar-refractivity contribution in [3.8, 4) is 5.75 Å². The van der Waals surface area contributed by atoms with Gasteiger partial charge in [0.25, 0.3) is 0 Å². The molecule has 2 aliphatic rings. The minimum absolute atomic E-state index is 0.00530. The van der Waals surface area contributed by atoms with Gasteiger partial charge in [0, 0.05) is 11.5 Å². The molecule has 2 aliphatic carbocycles. The monoisotopic (exact) mass is 273 g/mol. The van der Waals surface area contributed by atoms with Crippen LogP contribution in [0.25, 0.3) is 0 Å². The van der Waals surface area contributed by atoms with E-state index in [1.807, 2.05) is 19.1 Å². The summed E-state index contributed by atoms with van der Waals surface area (Å²) in [6.45, 7) is 4.09. The molecule has 2 saturated carbocycles. The lowest BCUT2D eigenvalue weighted by Gasteiger charge is -2.20. The lowest BCUT2D eigenvalue weighted by atomic mass is 10.00. The minimum Gasteiger partial charge on any atom is -0.496 e. The van der Waals surface area contributed by atoms with Gasteiger partial charge in [-0.2, -0.15) is 0 Å². The number of methoxy groups -OCH3 is 1. The summed E-state index contributed by atoms with van der Waals surface area (Å²) >= 11 is 0. The number of benzene rings is 1. The van der Waals surface area contributed by atoms with Gasteiger partial charge in [0.2, 0.25) is 5.91 Å². The molecule has 3 nitrogen and oxygen atoms in total. The first-order chi connectivity index (χ1) is 9.58. The third-order valence-electron chi connectivity index (χ3n) is 4.82. The highest BCUT2D eigenvalue weighted by Gasteiger charge is 2.48. The van der Waals surface area contributed by atoms with E-state index in [0.29, 0.717) is 0 Å². The van der Waals surface area contributed by atoms with Gasteiger partial charge in [-0.1, -0.05) is 17.7 Å². The van der Waals surface area contributed by atoms with Crippen LogP contribution in [0.2, 0.25) is 0 Å². The first-order valence-corrected chi connectivity index (χ1v) is 7.53. The van der Waals surface area contributed by atoms with Crippen molar-refractivity contribution in [2.75, 3.05) is 7.11 Å². The maximum atomic E-state index is 12.3. The zero-order valence-corrected chi connectivity index (χ0v) is 12.5. The molecule has 20 heavy (non-hydrogen) atoms. The molecule has 0 aromatic heterocycles. The van der Waals surface area contributed by atoms with E-state index >= 15 is 0 Å². The number of hydrogen-bond donors (Lipinski definition) is 1. The molecule has 1 N–H and O–H groups in total. The maximum absolute atomic E-state index is 12.3. The molecule has 108 valence electrons. The summed E-state index contributed by atoms with van der Waals surface area (Å²) in [6.07, 6.45) is 3.54. The molecule has 1 aromatic carbocycles. The number of aryl methyl sites for hydroxylation is 1. The van der Waals surface area contributed by atoms with Gasteiger partial charge in [0.05, 0.1) is 13.2 Å².